The second-order valence-electron chi connectivity index (χ2n) is 4.85. The summed E-state index contributed by atoms with van der Waals surface area (Å²) in [5.41, 5.74) is 8.79. The van der Waals surface area contributed by atoms with Crippen molar-refractivity contribution in [3.05, 3.63) is 22.1 Å². The molecule has 0 aromatic carbocycles. The average molecular weight is 339 g/mol. The molecule has 7 nitrogen and oxygen atoms in total. The number of fused-ring (bicyclic) bond motifs is 1. The Morgan fingerprint density at radius 2 is 2.35 bits per heavy atom. The van der Waals surface area contributed by atoms with Gasteiger partial charge < -0.3 is 11.1 Å². The van der Waals surface area contributed by atoms with Crippen LogP contribution in [0.5, 0.6) is 0 Å². The number of nitrogen functional groups attached to an aromatic ring is 1. The number of carbonyl (C=O) groups excluding carboxylic acids is 1. The first kappa shape index (κ1) is 13.3. The minimum Gasteiger partial charge on any atom is -0.382 e. The van der Waals surface area contributed by atoms with Crippen LogP contribution in [0.4, 0.5) is 5.82 Å². The Balaban J connectivity index is 2.01. The summed E-state index contributed by atoms with van der Waals surface area (Å²) >= 11 is 3.55. The van der Waals surface area contributed by atoms with Crippen LogP contribution in [0.15, 0.2) is 10.8 Å². The van der Waals surface area contributed by atoms with Gasteiger partial charge in [-0.05, 0) is 28.4 Å². The largest absolute Gasteiger partial charge is 0.382 e. The van der Waals surface area contributed by atoms with Gasteiger partial charge in [-0.15, -0.1) is 0 Å². The maximum atomic E-state index is 11.5. The molecule has 0 saturated carbocycles. The standard InChI is InChI=1S/C12H15BrN6O/c1-7-8(4-18-3-2-15-9(20)5-18)19-11(10(7)13)12(14)16-6-17-19/h6H,2-5H2,1H3,(H,15,20)(H2,14,16,17). The summed E-state index contributed by atoms with van der Waals surface area (Å²) in [5, 5.41) is 7.10. The van der Waals surface area contributed by atoms with Crippen LogP contribution < -0.4 is 11.1 Å². The highest BCUT2D eigenvalue weighted by molar-refractivity contribution is 9.10. The van der Waals surface area contributed by atoms with E-state index in [1.165, 1.54) is 6.33 Å². The molecule has 106 valence electrons. The first-order chi connectivity index (χ1) is 9.58. The topological polar surface area (TPSA) is 88.5 Å². The number of hydrogen-bond acceptors (Lipinski definition) is 5. The van der Waals surface area contributed by atoms with E-state index in [2.05, 4.69) is 36.2 Å². The summed E-state index contributed by atoms with van der Waals surface area (Å²) in [6, 6.07) is 0. The molecular formula is C12H15BrN6O. The lowest BCUT2D eigenvalue weighted by Crippen LogP contribution is -2.47. The van der Waals surface area contributed by atoms with Crippen LogP contribution in [0.3, 0.4) is 0 Å². The molecule has 0 spiro atoms. The molecule has 1 saturated heterocycles. The summed E-state index contributed by atoms with van der Waals surface area (Å²) in [6.07, 6.45) is 1.45. The number of hydrogen-bond donors (Lipinski definition) is 2. The van der Waals surface area contributed by atoms with Gasteiger partial charge in [0.25, 0.3) is 0 Å². The lowest BCUT2D eigenvalue weighted by Gasteiger charge is -2.26. The third-order valence-electron chi connectivity index (χ3n) is 3.53. The summed E-state index contributed by atoms with van der Waals surface area (Å²) < 4.78 is 2.71. The Bertz CT molecular complexity index is 682. The van der Waals surface area contributed by atoms with E-state index in [-0.39, 0.29) is 5.91 Å². The average Bonchev–Trinajstić information content (AvgIpc) is 2.65. The van der Waals surface area contributed by atoms with Crippen LogP contribution in [-0.4, -0.2) is 45.0 Å². The normalized spacial score (nSPS) is 16.6. The van der Waals surface area contributed by atoms with Crippen LogP contribution >= 0.6 is 15.9 Å². The Hall–Kier alpha value is -1.67. The van der Waals surface area contributed by atoms with Crippen molar-refractivity contribution in [2.45, 2.75) is 13.5 Å². The second kappa shape index (κ2) is 5.02. The zero-order valence-corrected chi connectivity index (χ0v) is 12.6. The minimum absolute atomic E-state index is 0.0583. The fourth-order valence-electron chi connectivity index (χ4n) is 2.46. The fourth-order valence-corrected chi connectivity index (χ4v) is 3.06. The molecule has 0 bridgehead atoms. The van der Waals surface area contributed by atoms with E-state index < -0.39 is 0 Å². The van der Waals surface area contributed by atoms with Crippen molar-refractivity contribution in [3.8, 4) is 0 Å². The highest BCUT2D eigenvalue weighted by Crippen LogP contribution is 2.30. The van der Waals surface area contributed by atoms with E-state index in [4.69, 9.17) is 5.73 Å². The van der Waals surface area contributed by atoms with Gasteiger partial charge >= 0.3 is 0 Å². The fraction of sp³-hybridized carbons (Fsp3) is 0.417. The van der Waals surface area contributed by atoms with Crippen molar-refractivity contribution in [1.29, 1.82) is 0 Å². The Morgan fingerprint density at radius 3 is 3.10 bits per heavy atom. The van der Waals surface area contributed by atoms with E-state index in [9.17, 15) is 4.79 Å². The van der Waals surface area contributed by atoms with Crippen molar-refractivity contribution < 1.29 is 4.79 Å². The van der Waals surface area contributed by atoms with E-state index >= 15 is 0 Å². The van der Waals surface area contributed by atoms with Gasteiger partial charge in [0.2, 0.25) is 5.91 Å². The molecule has 20 heavy (non-hydrogen) atoms. The molecule has 3 N–H and O–H groups in total. The summed E-state index contributed by atoms with van der Waals surface area (Å²) in [5.74, 6) is 0.501. The number of nitrogens with zero attached hydrogens (tertiary/aromatic N) is 4. The molecule has 2 aromatic heterocycles. The lowest BCUT2D eigenvalue weighted by molar-refractivity contribution is -0.124. The molecule has 3 rings (SSSR count). The van der Waals surface area contributed by atoms with Crippen molar-refractivity contribution in [2.24, 2.45) is 0 Å². The highest BCUT2D eigenvalue weighted by Gasteiger charge is 2.22. The lowest BCUT2D eigenvalue weighted by atomic mass is 10.2. The summed E-state index contributed by atoms with van der Waals surface area (Å²) in [4.78, 5) is 17.6. The van der Waals surface area contributed by atoms with Crippen LogP contribution in [0.25, 0.3) is 5.52 Å². The van der Waals surface area contributed by atoms with Crippen molar-refractivity contribution in [2.75, 3.05) is 25.4 Å². The van der Waals surface area contributed by atoms with E-state index in [0.29, 0.717) is 25.5 Å². The number of amides is 1. The summed E-state index contributed by atoms with van der Waals surface area (Å²) in [7, 11) is 0. The first-order valence-electron chi connectivity index (χ1n) is 6.33. The maximum absolute atomic E-state index is 11.5. The molecular weight excluding hydrogens is 324 g/mol. The predicted octanol–water partition coefficient (Wildman–Crippen LogP) is 0.314. The minimum atomic E-state index is 0.0583. The Kier molecular flexibility index (Phi) is 3.35. The number of rotatable bonds is 2. The summed E-state index contributed by atoms with van der Waals surface area (Å²) in [6.45, 7) is 4.58. The molecule has 2 aromatic rings. The highest BCUT2D eigenvalue weighted by atomic mass is 79.9. The number of piperazine rings is 1. The number of nitrogens with one attached hydrogen (secondary N) is 1. The van der Waals surface area contributed by atoms with Gasteiger partial charge in [0.05, 0.1) is 16.7 Å². The number of carbonyl (C=O) groups is 1. The third kappa shape index (κ3) is 2.14. The van der Waals surface area contributed by atoms with Gasteiger partial charge in [-0.1, -0.05) is 0 Å². The second-order valence-corrected chi connectivity index (χ2v) is 5.64. The molecule has 1 amide bonds. The molecule has 0 aliphatic carbocycles. The molecule has 3 heterocycles. The monoisotopic (exact) mass is 338 g/mol. The van der Waals surface area contributed by atoms with Gasteiger partial charge in [0, 0.05) is 19.6 Å². The van der Waals surface area contributed by atoms with E-state index in [0.717, 1.165) is 27.8 Å². The molecule has 1 aliphatic rings. The Morgan fingerprint density at radius 1 is 1.55 bits per heavy atom. The molecule has 8 heteroatoms. The number of aromatic nitrogens is 3. The van der Waals surface area contributed by atoms with Gasteiger partial charge in [-0.2, -0.15) is 5.10 Å². The smallest absolute Gasteiger partial charge is 0.234 e. The zero-order valence-electron chi connectivity index (χ0n) is 11.1. The molecule has 0 radical (unpaired) electrons. The quantitative estimate of drug-likeness (QED) is 0.822. The first-order valence-corrected chi connectivity index (χ1v) is 7.12. The SMILES string of the molecule is Cc1c(Br)c2c(N)ncnn2c1CN1CCNC(=O)C1. The van der Waals surface area contributed by atoms with Gasteiger partial charge in [-0.3, -0.25) is 9.69 Å². The number of anilines is 1. The molecule has 1 fully saturated rings. The molecule has 0 unspecified atom stereocenters. The van der Waals surface area contributed by atoms with E-state index in [1.54, 1.807) is 4.52 Å². The van der Waals surface area contributed by atoms with Gasteiger partial charge in [-0.25, -0.2) is 9.50 Å². The third-order valence-corrected chi connectivity index (χ3v) is 4.51. The van der Waals surface area contributed by atoms with Crippen molar-refractivity contribution in [3.63, 3.8) is 0 Å². The van der Waals surface area contributed by atoms with E-state index in [1.807, 2.05) is 6.92 Å². The van der Waals surface area contributed by atoms with Gasteiger partial charge in [0.15, 0.2) is 5.82 Å². The molecule has 0 atom stereocenters. The molecule has 1 aliphatic heterocycles. The van der Waals surface area contributed by atoms with Crippen LogP contribution in [0, 0.1) is 6.92 Å². The van der Waals surface area contributed by atoms with Crippen LogP contribution in [0.2, 0.25) is 0 Å². The number of halogens is 1. The van der Waals surface area contributed by atoms with Crippen LogP contribution in [0.1, 0.15) is 11.3 Å². The number of nitrogens with two attached hydrogens (primary N) is 1. The Labute approximate surface area is 124 Å². The van der Waals surface area contributed by atoms with Crippen molar-refractivity contribution in [1.82, 2.24) is 24.8 Å². The zero-order chi connectivity index (χ0) is 14.3. The van der Waals surface area contributed by atoms with Crippen LogP contribution in [-0.2, 0) is 11.3 Å². The maximum Gasteiger partial charge on any atom is 0.234 e. The van der Waals surface area contributed by atoms with Gasteiger partial charge in [0.1, 0.15) is 11.8 Å². The predicted molar refractivity (Wildman–Crippen MR) is 78.1 cm³/mol. The van der Waals surface area contributed by atoms with Crippen molar-refractivity contribution >= 4 is 33.2 Å².